The highest BCUT2D eigenvalue weighted by Crippen LogP contribution is 2.36. The van der Waals surface area contributed by atoms with Crippen molar-refractivity contribution in [1.29, 1.82) is 0 Å². The van der Waals surface area contributed by atoms with Gasteiger partial charge in [0.15, 0.2) is 5.78 Å². The molecule has 1 unspecified atom stereocenters. The smallest absolute Gasteiger partial charge is 0.305 e. The summed E-state index contributed by atoms with van der Waals surface area (Å²) in [6.45, 7) is 2.18. The Morgan fingerprint density at radius 2 is 1.81 bits per heavy atom. The van der Waals surface area contributed by atoms with Crippen LogP contribution in [-0.4, -0.2) is 29.6 Å². The molecule has 0 aromatic rings. The molecule has 0 radical (unpaired) electrons. The number of ketones is 1. The standard InChI is InChI=1S/C21H33ClO4/c1-3-4-5-6-9-12-15-21(25)16-18(22)17(20(21)24)13-10-7-8-11-14-19(23)26-2/h13,16,25H,3-12,14-15H2,1-2H3. The molecule has 1 N–H and O–H groups in total. The number of allylic oxidation sites excluding steroid dienone is 2. The SMILES string of the molecule is CCCCCCCCC1(O)C=C(Cl)C(=CCCCCCC(=O)OC)C1=O. The lowest BCUT2D eigenvalue weighted by Gasteiger charge is -2.18. The normalized spacial score (nSPS) is 21.3. The van der Waals surface area contributed by atoms with Gasteiger partial charge in [-0.2, -0.15) is 0 Å². The molecule has 1 aliphatic rings. The van der Waals surface area contributed by atoms with Crippen molar-refractivity contribution in [3.8, 4) is 0 Å². The molecule has 1 rings (SSSR count). The van der Waals surface area contributed by atoms with Crippen LogP contribution >= 0.6 is 11.6 Å². The Kier molecular flexibility index (Phi) is 10.8. The molecule has 4 nitrogen and oxygen atoms in total. The molecule has 0 spiro atoms. The highest BCUT2D eigenvalue weighted by molar-refractivity contribution is 6.38. The summed E-state index contributed by atoms with van der Waals surface area (Å²) in [6.07, 6.45) is 14.1. The summed E-state index contributed by atoms with van der Waals surface area (Å²) < 4.78 is 4.60. The van der Waals surface area contributed by atoms with E-state index in [1.54, 1.807) is 0 Å². The zero-order valence-corrected chi connectivity index (χ0v) is 16.9. The zero-order valence-electron chi connectivity index (χ0n) is 16.2. The Hall–Kier alpha value is -1.13. The number of esters is 1. The van der Waals surface area contributed by atoms with Gasteiger partial charge in [0.2, 0.25) is 0 Å². The van der Waals surface area contributed by atoms with E-state index in [0.717, 1.165) is 38.5 Å². The van der Waals surface area contributed by atoms with Gasteiger partial charge in [-0.25, -0.2) is 0 Å². The van der Waals surface area contributed by atoms with Crippen LogP contribution in [0, 0.1) is 0 Å². The number of halogens is 1. The van der Waals surface area contributed by atoms with Crippen molar-refractivity contribution in [1.82, 2.24) is 0 Å². The quantitative estimate of drug-likeness (QED) is 0.268. The maximum atomic E-state index is 12.5. The van der Waals surface area contributed by atoms with Crippen LogP contribution in [0.2, 0.25) is 0 Å². The third kappa shape index (κ3) is 7.63. The van der Waals surface area contributed by atoms with Crippen LogP contribution in [0.5, 0.6) is 0 Å². The second-order valence-electron chi connectivity index (χ2n) is 7.06. The van der Waals surface area contributed by atoms with Crippen molar-refractivity contribution >= 4 is 23.4 Å². The van der Waals surface area contributed by atoms with Gasteiger partial charge in [-0.1, -0.05) is 63.1 Å². The van der Waals surface area contributed by atoms with E-state index in [2.05, 4.69) is 11.7 Å². The Morgan fingerprint density at radius 3 is 2.50 bits per heavy atom. The van der Waals surface area contributed by atoms with Crippen molar-refractivity contribution in [2.75, 3.05) is 7.11 Å². The van der Waals surface area contributed by atoms with Gasteiger partial charge in [0.1, 0.15) is 5.60 Å². The molecule has 0 bridgehead atoms. The molecule has 0 aromatic heterocycles. The summed E-state index contributed by atoms with van der Waals surface area (Å²) >= 11 is 6.19. The lowest BCUT2D eigenvalue weighted by atomic mass is 9.92. The minimum absolute atomic E-state index is 0.194. The van der Waals surface area contributed by atoms with Gasteiger partial charge >= 0.3 is 5.97 Å². The molecule has 0 heterocycles. The van der Waals surface area contributed by atoms with Gasteiger partial charge < -0.3 is 9.84 Å². The highest BCUT2D eigenvalue weighted by atomic mass is 35.5. The molecule has 1 aliphatic carbocycles. The van der Waals surface area contributed by atoms with Crippen LogP contribution in [0.1, 0.15) is 84.0 Å². The van der Waals surface area contributed by atoms with Crippen LogP contribution in [0.25, 0.3) is 0 Å². The summed E-state index contributed by atoms with van der Waals surface area (Å²) in [7, 11) is 1.39. The fourth-order valence-corrected chi connectivity index (χ4v) is 3.53. The monoisotopic (exact) mass is 384 g/mol. The minimum Gasteiger partial charge on any atom is -0.469 e. The van der Waals surface area contributed by atoms with E-state index in [1.165, 1.54) is 32.4 Å². The molecule has 0 aliphatic heterocycles. The molecular formula is C21H33ClO4. The first kappa shape index (κ1) is 22.9. The van der Waals surface area contributed by atoms with E-state index in [9.17, 15) is 14.7 Å². The van der Waals surface area contributed by atoms with Gasteiger partial charge in [-0.3, -0.25) is 9.59 Å². The number of carbonyl (C=O) groups excluding carboxylic acids is 2. The van der Waals surface area contributed by atoms with Crippen molar-refractivity contribution in [3.05, 3.63) is 22.8 Å². The molecule has 26 heavy (non-hydrogen) atoms. The topological polar surface area (TPSA) is 63.6 Å². The summed E-state index contributed by atoms with van der Waals surface area (Å²) in [6, 6.07) is 0. The number of hydrogen-bond acceptors (Lipinski definition) is 4. The Morgan fingerprint density at radius 1 is 1.15 bits per heavy atom. The molecule has 148 valence electrons. The van der Waals surface area contributed by atoms with Gasteiger partial charge in [0.25, 0.3) is 0 Å². The first-order valence-corrected chi connectivity index (χ1v) is 10.2. The molecule has 0 saturated heterocycles. The maximum Gasteiger partial charge on any atom is 0.305 e. The van der Waals surface area contributed by atoms with E-state index in [1.807, 2.05) is 6.08 Å². The second kappa shape index (κ2) is 12.3. The van der Waals surface area contributed by atoms with Crippen molar-refractivity contribution in [3.63, 3.8) is 0 Å². The van der Waals surface area contributed by atoms with E-state index in [4.69, 9.17) is 11.6 Å². The van der Waals surface area contributed by atoms with Crippen LogP contribution in [0.3, 0.4) is 0 Å². The lowest BCUT2D eigenvalue weighted by Crippen LogP contribution is -2.33. The maximum absolute atomic E-state index is 12.5. The number of ether oxygens (including phenoxy) is 1. The van der Waals surface area contributed by atoms with Crippen LogP contribution in [0.4, 0.5) is 0 Å². The van der Waals surface area contributed by atoms with Crippen molar-refractivity contribution in [2.45, 2.75) is 89.6 Å². The summed E-state index contributed by atoms with van der Waals surface area (Å²) in [5.74, 6) is -0.467. The molecule has 0 fully saturated rings. The van der Waals surface area contributed by atoms with E-state index in [0.29, 0.717) is 29.9 Å². The molecule has 0 saturated carbocycles. The van der Waals surface area contributed by atoms with Gasteiger partial charge in [-0.15, -0.1) is 0 Å². The number of unbranched alkanes of at least 4 members (excludes halogenated alkanes) is 8. The van der Waals surface area contributed by atoms with E-state index >= 15 is 0 Å². The van der Waals surface area contributed by atoms with Crippen molar-refractivity contribution < 1.29 is 19.4 Å². The predicted octanol–water partition coefficient (Wildman–Crippen LogP) is 5.22. The average Bonchev–Trinajstić information content (AvgIpc) is 2.83. The lowest BCUT2D eigenvalue weighted by molar-refractivity contribution is -0.140. The summed E-state index contributed by atoms with van der Waals surface area (Å²) in [5.41, 5.74) is -0.994. The molecule has 1 atom stereocenters. The number of rotatable bonds is 13. The van der Waals surface area contributed by atoms with E-state index < -0.39 is 5.60 Å². The number of hydrogen-bond donors (Lipinski definition) is 1. The third-order valence-corrected chi connectivity index (χ3v) is 5.15. The Bertz CT molecular complexity index is 524. The largest absolute Gasteiger partial charge is 0.469 e. The zero-order chi connectivity index (χ0) is 19.4. The molecular weight excluding hydrogens is 352 g/mol. The summed E-state index contributed by atoms with van der Waals surface area (Å²) in [5, 5.41) is 11.0. The third-order valence-electron chi connectivity index (χ3n) is 4.83. The number of carbonyl (C=O) groups is 2. The first-order valence-electron chi connectivity index (χ1n) is 9.87. The van der Waals surface area contributed by atoms with Gasteiger partial charge in [-0.05, 0) is 38.2 Å². The number of Topliss-reactive ketones (excluding diaryl/α,β-unsaturated/α-hetero) is 1. The fraction of sp³-hybridized carbons (Fsp3) is 0.714. The number of aliphatic hydroxyl groups is 1. The van der Waals surface area contributed by atoms with E-state index in [-0.39, 0.29) is 11.8 Å². The first-order chi connectivity index (χ1) is 12.4. The Balaban J connectivity index is 2.36. The Labute approximate surface area is 162 Å². The van der Waals surface area contributed by atoms with Gasteiger partial charge in [0, 0.05) is 12.0 Å². The van der Waals surface area contributed by atoms with Crippen molar-refractivity contribution in [2.24, 2.45) is 0 Å². The van der Waals surface area contributed by atoms with Crippen LogP contribution < -0.4 is 0 Å². The predicted molar refractivity (Wildman–Crippen MR) is 105 cm³/mol. The van der Waals surface area contributed by atoms with Gasteiger partial charge in [0.05, 0.1) is 12.1 Å². The van der Waals surface area contributed by atoms with Crippen LogP contribution in [-0.2, 0) is 14.3 Å². The molecule has 5 heteroatoms. The fourth-order valence-electron chi connectivity index (χ4n) is 3.18. The molecule has 0 aromatic carbocycles. The molecule has 0 amide bonds. The second-order valence-corrected chi connectivity index (χ2v) is 7.46. The minimum atomic E-state index is -1.43. The average molecular weight is 385 g/mol. The summed E-state index contributed by atoms with van der Waals surface area (Å²) in [4.78, 5) is 23.6. The highest BCUT2D eigenvalue weighted by Gasteiger charge is 2.41. The number of methoxy groups -OCH3 is 1. The van der Waals surface area contributed by atoms with Crippen LogP contribution in [0.15, 0.2) is 22.8 Å².